The fourth-order valence-electron chi connectivity index (χ4n) is 2.86. The van der Waals surface area contributed by atoms with Crippen LogP contribution in [0.4, 0.5) is 0 Å². The molecule has 23 heavy (non-hydrogen) atoms. The molecule has 0 aromatic carbocycles. The number of carbonyl (C=O) groups excluding carboxylic acids is 4. The maximum Gasteiger partial charge on any atom is 0.199 e. The number of ketones is 4. The Balaban J connectivity index is 3.74. The van der Waals surface area contributed by atoms with E-state index in [1.54, 1.807) is 0 Å². The molecule has 0 amide bonds. The van der Waals surface area contributed by atoms with Crippen LogP contribution in [0.15, 0.2) is 0 Å². The first-order valence-electron chi connectivity index (χ1n) is 6.78. The molecule has 0 saturated carbocycles. The molecule has 1 fully saturated rings. The van der Waals surface area contributed by atoms with Crippen molar-refractivity contribution in [2.24, 2.45) is 0 Å². The molecular weight excluding hydrogens is 312 g/mol. The van der Waals surface area contributed by atoms with E-state index in [2.05, 4.69) is 0 Å². The van der Waals surface area contributed by atoms with Crippen LogP contribution in [0.25, 0.3) is 0 Å². The molecule has 0 spiro atoms. The second-order valence-electron chi connectivity index (χ2n) is 5.79. The summed E-state index contributed by atoms with van der Waals surface area (Å²) in [4.78, 5) is 47.2. The number of Topliss-reactive ketones (excluding diaryl/α,β-unsaturated/α-hetero) is 4. The summed E-state index contributed by atoms with van der Waals surface area (Å²) in [6.07, 6.45) is -4.10. The Kier molecular flexibility index (Phi) is 4.96. The standard InChI is InChI=1S/C14H20O9/c1-6(15)10(19)11-13(21,8(3)17)14(22,9(4)18)12(20,5-23-11)7(2)16/h10-11,19-22H,5H2,1-4H3/t10?,11-,12-,13-,14-/m1/s1. The van der Waals surface area contributed by atoms with Crippen molar-refractivity contribution in [1.82, 2.24) is 0 Å². The molecule has 1 unspecified atom stereocenters. The van der Waals surface area contributed by atoms with Crippen LogP contribution >= 0.6 is 0 Å². The third kappa shape index (κ3) is 2.36. The van der Waals surface area contributed by atoms with Crippen LogP contribution in [0, 0.1) is 0 Å². The lowest BCUT2D eigenvalue weighted by molar-refractivity contribution is -0.304. The summed E-state index contributed by atoms with van der Waals surface area (Å²) in [6.45, 7) is 2.29. The smallest absolute Gasteiger partial charge is 0.199 e. The monoisotopic (exact) mass is 332 g/mol. The van der Waals surface area contributed by atoms with Crippen LogP contribution in [0.2, 0.25) is 0 Å². The highest BCUT2D eigenvalue weighted by atomic mass is 16.6. The Bertz CT molecular complexity index is 571. The summed E-state index contributed by atoms with van der Waals surface area (Å²) in [5.74, 6) is -4.60. The van der Waals surface area contributed by atoms with Crippen molar-refractivity contribution < 1.29 is 44.3 Å². The second-order valence-corrected chi connectivity index (χ2v) is 5.79. The van der Waals surface area contributed by atoms with Gasteiger partial charge in [0.25, 0.3) is 0 Å². The Morgan fingerprint density at radius 2 is 1.43 bits per heavy atom. The minimum Gasteiger partial charge on any atom is -0.382 e. The number of carbonyl (C=O) groups is 4. The first kappa shape index (κ1) is 19.5. The zero-order valence-corrected chi connectivity index (χ0v) is 13.2. The summed E-state index contributed by atoms with van der Waals surface area (Å²) in [5, 5.41) is 41.8. The van der Waals surface area contributed by atoms with Gasteiger partial charge in [0.05, 0.1) is 6.61 Å². The SMILES string of the molecule is CC(=O)C(O)[C@H]1OC[C@@](O)(C(C)=O)[C@](O)(C(C)=O)[C@@]1(O)C(C)=O. The van der Waals surface area contributed by atoms with E-state index in [0.29, 0.717) is 0 Å². The lowest BCUT2D eigenvalue weighted by Gasteiger charge is -2.55. The van der Waals surface area contributed by atoms with Crippen molar-refractivity contribution in [1.29, 1.82) is 0 Å². The van der Waals surface area contributed by atoms with Crippen LogP contribution in [0.1, 0.15) is 27.7 Å². The van der Waals surface area contributed by atoms with Crippen LogP contribution in [0.5, 0.6) is 0 Å². The molecule has 0 aromatic rings. The van der Waals surface area contributed by atoms with Crippen LogP contribution in [0.3, 0.4) is 0 Å². The number of aliphatic hydroxyl groups excluding tert-OH is 1. The van der Waals surface area contributed by atoms with E-state index in [1.165, 1.54) is 0 Å². The topological polar surface area (TPSA) is 158 Å². The van der Waals surface area contributed by atoms with Crippen molar-refractivity contribution in [2.75, 3.05) is 6.61 Å². The van der Waals surface area contributed by atoms with E-state index in [9.17, 15) is 39.6 Å². The number of ether oxygens (including phenoxy) is 1. The first-order valence-corrected chi connectivity index (χ1v) is 6.78. The van der Waals surface area contributed by atoms with E-state index < -0.39 is 58.8 Å². The number of aliphatic hydroxyl groups is 4. The largest absolute Gasteiger partial charge is 0.382 e. The Hall–Kier alpha value is -1.52. The lowest BCUT2D eigenvalue weighted by Crippen LogP contribution is -2.84. The predicted molar refractivity (Wildman–Crippen MR) is 73.3 cm³/mol. The fourth-order valence-corrected chi connectivity index (χ4v) is 2.86. The fraction of sp³-hybridized carbons (Fsp3) is 0.714. The highest BCUT2D eigenvalue weighted by Gasteiger charge is 2.76. The molecule has 0 aliphatic carbocycles. The zero-order valence-electron chi connectivity index (χ0n) is 13.2. The Labute approximate surface area is 131 Å². The summed E-state index contributed by atoms with van der Waals surface area (Å²) in [6, 6.07) is 0. The predicted octanol–water partition coefficient (Wildman–Crippen LogP) is -2.70. The molecule has 4 N–H and O–H groups in total. The number of hydrogen-bond acceptors (Lipinski definition) is 9. The summed E-state index contributed by atoms with van der Waals surface area (Å²) in [5.41, 5.74) is -9.42. The van der Waals surface area contributed by atoms with Gasteiger partial charge in [-0.3, -0.25) is 19.2 Å². The third-order valence-electron chi connectivity index (χ3n) is 4.37. The molecule has 1 rings (SSSR count). The maximum absolute atomic E-state index is 12.0. The molecule has 1 saturated heterocycles. The van der Waals surface area contributed by atoms with Gasteiger partial charge < -0.3 is 25.2 Å². The second kappa shape index (κ2) is 5.84. The number of rotatable bonds is 5. The van der Waals surface area contributed by atoms with E-state index >= 15 is 0 Å². The minimum atomic E-state index is -3.29. The first-order chi connectivity index (χ1) is 10.3. The van der Waals surface area contributed by atoms with Gasteiger partial charge in [0.2, 0.25) is 0 Å². The van der Waals surface area contributed by atoms with Crippen LogP contribution < -0.4 is 0 Å². The van der Waals surface area contributed by atoms with Gasteiger partial charge in [-0.2, -0.15) is 0 Å². The van der Waals surface area contributed by atoms with Crippen molar-refractivity contribution in [2.45, 2.75) is 56.7 Å². The lowest BCUT2D eigenvalue weighted by atomic mass is 9.61. The van der Waals surface area contributed by atoms with Gasteiger partial charge in [0.15, 0.2) is 39.9 Å². The van der Waals surface area contributed by atoms with Gasteiger partial charge in [-0.1, -0.05) is 0 Å². The molecule has 0 radical (unpaired) electrons. The van der Waals surface area contributed by atoms with Gasteiger partial charge in [-0.25, -0.2) is 0 Å². The summed E-state index contributed by atoms with van der Waals surface area (Å²) < 4.78 is 4.98. The van der Waals surface area contributed by atoms with E-state index in [4.69, 9.17) is 4.74 Å². The summed E-state index contributed by atoms with van der Waals surface area (Å²) in [7, 11) is 0. The molecule has 0 bridgehead atoms. The van der Waals surface area contributed by atoms with Gasteiger partial charge in [0, 0.05) is 0 Å². The molecular formula is C14H20O9. The van der Waals surface area contributed by atoms with E-state index in [-0.39, 0.29) is 0 Å². The van der Waals surface area contributed by atoms with Crippen molar-refractivity contribution in [3.63, 3.8) is 0 Å². The van der Waals surface area contributed by atoms with Crippen molar-refractivity contribution in [3.8, 4) is 0 Å². The Morgan fingerprint density at radius 1 is 0.957 bits per heavy atom. The minimum absolute atomic E-state index is 0.754. The molecule has 5 atom stereocenters. The maximum atomic E-state index is 12.0. The quantitative estimate of drug-likeness (QED) is 0.420. The van der Waals surface area contributed by atoms with Gasteiger partial charge in [0.1, 0.15) is 12.2 Å². The van der Waals surface area contributed by atoms with Crippen LogP contribution in [-0.2, 0) is 23.9 Å². The average molecular weight is 332 g/mol. The van der Waals surface area contributed by atoms with Crippen molar-refractivity contribution in [3.05, 3.63) is 0 Å². The molecule has 9 heteroatoms. The molecule has 1 aliphatic heterocycles. The van der Waals surface area contributed by atoms with E-state index in [1.807, 2.05) is 0 Å². The highest BCUT2D eigenvalue weighted by molar-refractivity contribution is 6.05. The third-order valence-corrected chi connectivity index (χ3v) is 4.37. The zero-order chi connectivity index (χ0) is 18.4. The molecule has 1 heterocycles. The number of hydrogen-bond donors (Lipinski definition) is 4. The van der Waals surface area contributed by atoms with Gasteiger partial charge >= 0.3 is 0 Å². The summed E-state index contributed by atoms with van der Waals surface area (Å²) >= 11 is 0. The molecule has 1 aliphatic rings. The molecule has 9 nitrogen and oxygen atoms in total. The average Bonchev–Trinajstić information content (AvgIpc) is 2.43. The normalized spacial score (nSPS) is 38.7. The van der Waals surface area contributed by atoms with Gasteiger partial charge in [-0.15, -0.1) is 0 Å². The highest BCUT2D eigenvalue weighted by Crippen LogP contribution is 2.44. The molecule has 130 valence electrons. The van der Waals surface area contributed by atoms with Crippen LogP contribution in [-0.4, -0.2) is 79.2 Å². The molecule has 0 aromatic heterocycles. The van der Waals surface area contributed by atoms with E-state index in [0.717, 1.165) is 27.7 Å². The Morgan fingerprint density at radius 3 is 1.74 bits per heavy atom. The van der Waals surface area contributed by atoms with Gasteiger partial charge in [-0.05, 0) is 27.7 Å². The van der Waals surface area contributed by atoms with Crippen molar-refractivity contribution >= 4 is 23.1 Å².